The van der Waals surface area contributed by atoms with Crippen LogP contribution in [-0.4, -0.2) is 21.4 Å². The van der Waals surface area contributed by atoms with Gasteiger partial charge in [-0.05, 0) is 43.2 Å². The molecule has 5 nitrogen and oxygen atoms in total. The van der Waals surface area contributed by atoms with E-state index in [1.807, 2.05) is 13.0 Å². The largest absolute Gasteiger partial charge is 0.433 e. The summed E-state index contributed by atoms with van der Waals surface area (Å²) >= 11 is 0. The van der Waals surface area contributed by atoms with Gasteiger partial charge in [-0.15, -0.1) is 0 Å². The van der Waals surface area contributed by atoms with E-state index in [4.69, 9.17) is 0 Å². The Kier molecular flexibility index (Phi) is 8.39. The Hall–Kier alpha value is -3.11. The second-order valence-electron chi connectivity index (χ2n) is 8.14. The van der Waals surface area contributed by atoms with Crippen LogP contribution in [0.15, 0.2) is 54.6 Å². The van der Waals surface area contributed by atoms with Crippen molar-refractivity contribution in [1.29, 1.82) is 0 Å². The van der Waals surface area contributed by atoms with Crippen molar-refractivity contribution in [1.82, 2.24) is 15.0 Å². The van der Waals surface area contributed by atoms with Gasteiger partial charge in [0.2, 0.25) is 5.91 Å². The number of carbonyl (C=O) groups excluding carboxylic acids is 1. The van der Waals surface area contributed by atoms with Gasteiger partial charge in [-0.1, -0.05) is 42.0 Å². The van der Waals surface area contributed by atoms with Crippen LogP contribution in [0.4, 0.5) is 17.6 Å². The maximum atomic E-state index is 14.4. The molecule has 2 aromatic carbocycles. The van der Waals surface area contributed by atoms with Gasteiger partial charge in [0.15, 0.2) is 0 Å². The van der Waals surface area contributed by atoms with Crippen LogP contribution in [0.2, 0.25) is 0 Å². The summed E-state index contributed by atoms with van der Waals surface area (Å²) in [5, 5.41) is 2.72. The van der Waals surface area contributed by atoms with E-state index < -0.39 is 40.5 Å². The lowest BCUT2D eigenvalue weighted by atomic mass is 9.98. The van der Waals surface area contributed by atoms with Crippen molar-refractivity contribution in [2.24, 2.45) is 0 Å². The van der Waals surface area contributed by atoms with Crippen molar-refractivity contribution in [3.8, 4) is 11.3 Å². The van der Waals surface area contributed by atoms with Gasteiger partial charge in [0.1, 0.15) is 11.5 Å². The minimum atomic E-state index is -4.60. The van der Waals surface area contributed by atoms with Crippen LogP contribution >= 0.6 is 0 Å². The Bertz CT molecular complexity index is 1250. The van der Waals surface area contributed by atoms with Crippen molar-refractivity contribution in [3.63, 3.8) is 0 Å². The zero-order chi connectivity index (χ0) is 25.8. The third kappa shape index (κ3) is 6.95. The maximum Gasteiger partial charge on any atom is 0.433 e. The topological polar surface area (TPSA) is 71.1 Å². The number of amides is 1. The summed E-state index contributed by atoms with van der Waals surface area (Å²) in [4.78, 5) is 16.6. The molecule has 2 N–H and O–H groups in total. The highest BCUT2D eigenvalue weighted by Gasteiger charge is 2.33. The second kappa shape index (κ2) is 11.1. The van der Waals surface area contributed by atoms with Gasteiger partial charge in [0.05, 0.1) is 22.6 Å². The highest BCUT2D eigenvalue weighted by atomic mass is 32.2. The molecular weight excluding hydrogens is 482 g/mol. The summed E-state index contributed by atoms with van der Waals surface area (Å²) in [6.45, 7) is 3.46. The van der Waals surface area contributed by atoms with E-state index in [0.717, 1.165) is 11.6 Å². The lowest BCUT2D eigenvalue weighted by Gasteiger charge is -2.16. The van der Waals surface area contributed by atoms with Crippen molar-refractivity contribution >= 4 is 16.9 Å². The lowest BCUT2D eigenvalue weighted by molar-refractivity contribution is -0.141. The molecule has 1 aromatic heterocycles. The zero-order valence-corrected chi connectivity index (χ0v) is 20.2. The molecule has 186 valence electrons. The number of carbonyl (C=O) groups is 1. The quantitative estimate of drug-likeness (QED) is 0.421. The van der Waals surface area contributed by atoms with E-state index in [-0.39, 0.29) is 18.8 Å². The molecule has 0 aliphatic rings. The van der Waals surface area contributed by atoms with Crippen molar-refractivity contribution in [2.75, 3.05) is 6.26 Å². The SMILES string of the molecule is Cc1cccc(-c2nc(C(F)(F)F)ccc2CNC(=O)C(C)c2ccc(CNS(C)=O)c(F)c2)c1. The molecule has 35 heavy (non-hydrogen) atoms. The summed E-state index contributed by atoms with van der Waals surface area (Å²) in [5.74, 6) is -1.66. The molecule has 0 radical (unpaired) electrons. The number of benzene rings is 2. The molecule has 0 saturated carbocycles. The maximum absolute atomic E-state index is 14.4. The first-order valence-corrected chi connectivity index (χ1v) is 12.3. The Morgan fingerprint density at radius 1 is 1.06 bits per heavy atom. The zero-order valence-electron chi connectivity index (χ0n) is 19.4. The number of pyridine rings is 1. The highest BCUT2D eigenvalue weighted by molar-refractivity contribution is 7.82. The van der Waals surface area contributed by atoms with Gasteiger partial charge in [0, 0.05) is 30.5 Å². The number of rotatable bonds is 8. The number of aryl methyl sites for hydroxylation is 1. The molecule has 3 aromatic rings. The molecule has 1 heterocycles. The fourth-order valence-corrected chi connectivity index (χ4v) is 3.83. The third-order valence-electron chi connectivity index (χ3n) is 5.45. The van der Waals surface area contributed by atoms with Gasteiger partial charge in [0.25, 0.3) is 0 Å². The van der Waals surface area contributed by atoms with Crippen LogP contribution in [-0.2, 0) is 35.0 Å². The second-order valence-corrected chi connectivity index (χ2v) is 9.33. The number of hydrogen-bond donors (Lipinski definition) is 2. The standard InChI is InChI=1S/C25H25F4N3O2S/c1-15-5-4-6-18(11-15)23-20(9-10-22(32-23)25(27,28)29)13-30-24(33)16(2)17-7-8-19(21(26)12-17)14-31-35(3)34/h4-12,16,31H,13-14H2,1-3H3,(H,30,33). The number of aromatic nitrogens is 1. The normalized spacial score (nSPS) is 13.3. The van der Waals surface area contributed by atoms with Crippen molar-refractivity contribution in [3.05, 3.63) is 88.4 Å². The molecule has 2 unspecified atom stereocenters. The molecule has 0 fully saturated rings. The van der Waals surface area contributed by atoms with Crippen LogP contribution in [0.5, 0.6) is 0 Å². The predicted molar refractivity (Wildman–Crippen MR) is 127 cm³/mol. The van der Waals surface area contributed by atoms with Crippen LogP contribution in [0, 0.1) is 12.7 Å². The average molecular weight is 508 g/mol. The van der Waals surface area contributed by atoms with Crippen molar-refractivity contribution < 1.29 is 26.6 Å². The summed E-state index contributed by atoms with van der Waals surface area (Å²) in [5.41, 5.74) is 1.65. The monoisotopic (exact) mass is 507 g/mol. The van der Waals surface area contributed by atoms with E-state index >= 15 is 0 Å². The molecule has 2 atom stereocenters. The van der Waals surface area contributed by atoms with Crippen LogP contribution in [0.3, 0.4) is 0 Å². The molecule has 0 aliphatic carbocycles. The van der Waals surface area contributed by atoms with Crippen LogP contribution in [0.25, 0.3) is 11.3 Å². The van der Waals surface area contributed by atoms with E-state index in [1.54, 1.807) is 31.2 Å². The first-order chi connectivity index (χ1) is 16.5. The number of halogens is 4. The number of nitrogens with zero attached hydrogens (tertiary/aromatic N) is 1. The first kappa shape index (κ1) is 26.5. The van der Waals surface area contributed by atoms with E-state index in [9.17, 15) is 26.6 Å². The predicted octanol–water partition coefficient (Wildman–Crippen LogP) is 5.02. The van der Waals surface area contributed by atoms with Crippen LogP contribution in [0.1, 0.15) is 40.8 Å². The van der Waals surface area contributed by atoms with Crippen LogP contribution < -0.4 is 10.0 Å². The van der Waals surface area contributed by atoms with E-state index in [0.29, 0.717) is 22.3 Å². The van der Waals surface area contributed by atoms with Crippen molar-refractivity contribution in [2.45, 2.75) is 39.0 Å². The van der Waals surface area contributed by atoms with E-state index in [1.165, 1.54) is 24.5 Å². The molecule has 0 aliphatic heterocycles. The number of nitrogens with one attached hydrogen (secondary N) is 2. The molecule has 10 heteroatoms. The Balaban J connectivity index is 1.79. The Morgan fingerprint density at radius 2 is 1.77 bits per heavy atom. The minimum absolute atomic E-state index is 0.0512. The minimum Gasteiger partial charge on any atom is -0.351 e. The summed E-state index contributed by atoms with van der Waals surface area (Å²) < 4.78 is 68.0. The van der Waals surface area contributed by atoms with Gasteiger partial charge in [-0.3, -0.25) is 4.79 Å². The van der Waals surface area contributed by atoms with Gasteiger partial charge < -0.3 is 5.32 Å². The molecule has 0 spiro atoms. The molecular formula is C25H25F4N3O2S. The number of hydrogen-bond acceptors (Lipinski definition) is 3. The van der Waals surface area contributed by atoms with Gasteiger partial charge in [-0.2, -0.15) is 13.2 Å². The third-order valence-corrected chi connectivity index (χ3v) is 6.00. The highest BCUT2D eigenvalue weighted by Crippen LogP contribution is 2.31. The Morgan fingerprint density at radius 3 is 2.40 bits per heavy atom. The smallest absolute Gasteiger partial charge is 0.351 e. The lowest BCUT2D eigenvalue weighted by Crippen LogP contribution is -2.28. The first-order valence-electron chi connectivity index (χ1n) is 10.7. The fraction of sp³-hybridized carbons (Fsp3) is 0.280. The molecule has 0 bridgehead atoms. The fourth-order valence-electron chi connectivity index (χ4n) is 3.47. The molecule has 1 amide bonds. The summed E-state index contributed by atoms with van der Waals surface area (Å²) in [6.07, 6.45) is -3.16. The van der Waals surface area contributed by atoms with Gasteiger partial charge in [-0.25, -0.2) is 18.3 Å². The Labute approximate surface area is 203 Å². The molecule has 3 rings (SSSR count). The molecule has 0 saturated heterocycles. The average Bonchev–Trinajstić information content (AvgIpc) is 2.80. The van der Waals surface area contributed by atoms with Gasteiger partial charge >= 0.3 is 6.18 Å². The van der Waals surface area contributed by atoms with E-state index in [2.05, 4.69) is 15.0 Å². The summed E-state index contributed by atoms with van der Waals surface area (Å²) in [6, 6.07) is 13.5. The number of alkyl halides is 3. The summed E-state index contributed by atoms with van der Waals surface area (Å²) in [7, 11) is -1.29.